The van der Waals surface area contributed by atoms with Gasteiger partial charge < -0.3 is 9.09 Å². The van der Waals surface area contributed by atoms with Crippen LogP contribution in [0.2, 0.25) is 0 Å². The van der Waals surface area contributed by atoms with Crippen molar-refractivity contribution < 1.29 is 4.52 Å². The second kappa shape index (κ2) is 5.54. The lowest BCUT2D eigenvalue weighted by atomic mass is 10.2. The second-order valence-electron chi connectivity index (χ2n) is 4.60. The molecular weight excluding hydrogens is 290 g/mol. The van der Waals surface area contributed by atoms with Crippen LogP contribution in [0.15, 0.2) is 22.7 Å². The molecule has 6 nitrogen and oxygen atoms in total. The molecule has 0 saturated heterocycles. The summed E-state index contributed by atoms with van der Waals surface area (Å²) in [7, 11) is 0. The van der Waals surface area contributed by atoms with Crippen LogP contribution in [0.4, 0.5) is 0 Å². The van der Waals surface area contributed by atoms with Gasteiger partial charge in [-0.3, -0.25) is 0 Å². The lowest BCUT2D eigenvalue weighted by molar-refractivity contribution is 0.367. The molecule has 7 heteroatoms. The molecule has 0 radical (unpaired) electrons. The number of aryl methyl sites for hydroxylation is 2. The lowest BCUT2D eigenvalue weighted by Crippen LogP contribution is -2.06. The fraction of sp³-hybridized carbons (Fsp3) is 0.286. The zero-order valence-corrected chi connectivity index (χ0v) is 12.1. The molecule has 3 rings (SSSR count). The van der Waals surface area contributed by atoms with E-state index in [-0.39, 0.29) is 0 Å². The summed E-state index contributed by atoms with van der Waals surface area (Å²) in [5.74, 6) is 2.40. The molecule has 0 spiro atoms. The molecule has 0 unspecified atom stereocenters. The van der Waals surface area contributed by atoms with E-state index in [4.69, 9.17) is 21.4 Å². The molecule has 106 valence electrons. The third-order valence-corrected chi connectivity index (χ3v) is 3.33. The molecule has 2 heterocycles. The molecule has 0 aliphatic heterocycles. The van der Waals surface area contributed by atoms with Crippen molar-refractivity contribution in [2.75, 3.05) is 5.88 Å². The number of hydrogen-bond acceptors (Lipinski definition) is 5. The highest BCUT2D eigenvalue weighted by molar-refractivity contribution is 6.17. The average Bonchev–Trinajstić information content (AvgIpc) is 3.04. The topological polar surface area (TPSA) is 80.5 Å². The number of imidazole rings is 1. The molecule has 0 aliphatic carbocycles. The summed E-state index contributed by atoms with van der Waals surface area (Å²) in [4.78, 5) is 8.77. The Morgan fingerprint density at radius 1 is 1.38 bits per heavy atom. The lowest BCUT2D eigenvalue weighted by Gasteiger charge is -2.05. The van der Waals surface area contributed by atoms with Crippen molar-refractivity contribution in [1.29, 1.82) is 5.26 Å². The van der Waals surface area contributed by atoms with Gasteiger partial charge in [-0.2, -0.15) is 10.2 Å². The van der Waals surface area contributed by atoms with Gasteiger partial charge >= 0.3 is 0 Å². The maximum absolute atomic E-state index is 9.05. The van der Waals surface area contributed by atoms with Crippen molar-refractivity contribution in [1.82, 2.24) is 19.7 Å². The molecule has 0 saturated carbocycles. The zero-order valence-electron chi connectivity index (χ0n) is 11.4. The number of alkyl halides is 1. The molecule has 1 aromatic carbocycles. The van der Waals surface area contributed by atoms with Crippen LogP contribution >= 0.6 is 11.6 Å². The number of fused-ring (bicyclic) bond motifs is 1. The summed E-state index contributed by atoms with van der Waals surface area (Å²) in [5, 5.41) is 12.8. The van der Waals surface area contributed by atoms with Crippen LogP contribution in [0, 0.1) is 18.3 Å². The Morgan fingerprint density at radius 2 is 2.24 bits per heavy atom. The van der Waals surface area contributed by atoms with Crippen molar-refractivity contribution in [3.8, 4) is 6.07 Å². The first-order valence-electron chi connectivity index (χ1n) is 6.45. The normalized spacial score (nSPS) is 10.9. The van der Waals surface area contributed by atoms with Crippen LogP contribution in [0.3, 0.4) is 0 Å². The highest BCUT2D eigenvalue weighted by Gasteiger charge is 2.14. The van der Waals surface area contributed by atoms with Crippen molar-refractivity contribution in [2.24, 2.45) is 0 Å². The Morgan fingerprint density at radius 3 is 2.90 bits per heavy atom. The second-order valence-corrected chi connectivity index (χ2v) is 4.98. The van der Waals surface area contributed by atoms with E-state index in [0.717, 1.165) is 16.9 Å². The van der Waals surface area contributed by atoms with Crippen LogP contribution < -0.4 is 0 Å². The van der Waals surface area contributed by atoms with E-state index in [1.54, 1.807) is 13.0 Å². The van der Waals surface area contributed by atoms with Gasteiger partial charge in [0, 0.05) is 12.3 Å². The van der Waals surface area contributed by atoms with Crippen LogP contribution in [-0.2, 0) is 13.0 Å². The third kappa shape index (κ3) is 2.60. The number of halogens is 1. The summed E-state index contributed by atoms with van der Waals surface area (Å²) in [6.45, 7) is 2.19. The van der Waals surface area contributed by atoms with Gasteiger partial charge in [-0.25, -0.2) is 4.98 Å². The fourth-order valence-electron chi connectivity index (χ4n) is 2.23. The summed E-state index contributed by atoms with van der Waals surface area (Å²) in [6.07, 6.45) is 0.630. The predicted octanol–water partition coefficient (Wildman–Crippen LogP) is 2.43. The highest BCUT2D eigenvalue weighted by Crippen LogP contribution is 2.20. The summed E-state index contributed by atoms with van der Waals surface area (Å²) < 4.78 is 7.13. The van der Waals surface area contributed by atoms with Gasteiger partial charge in [0.15, 0.2) is 5.82 Å². The molecule has 21 heavy (non-hydrogen) atoms. The quantitative estimate of drug-likeness (QED) is 0.691. The molecule has 0 bridgehead atoms. The number of aromatic nitrogens is 4. The standard InChI is InChI=1S/C14H12ClN5O/c1-9-17-14(21-19-9)8-20-12-6-10(7-16)2-3-11(12)18-13(20)4-5-15/h2-3,6H,4-5,8H2,1H3. The molecule has 0 fully saturated rings. The first kappa shape index (κ1) is 13.6. The van der Waals surface area contributed by atoms with Gasteiger partial charge in [-0.1, -0.05) is 5.16 Å². The Bertz CT molecular complexity index is 830. The van der Waals surface area contributed by atoms with Crippen LogP contribution in [0.5, 0.6) is 0 Å². The molecule has 2 aromatic heterocycles. The first-order valence-corrected chi connectivity index (χ1v) is 6.99. The maximum Gasteiger partial charge on any atom is 0.246 e. The first-order chi connectivity index (χ1) is 10.2. The predicted molar refractivity (Wildman–Crippen MR) is 77.0 cm³/mol. The molecule has 0 aliphatic rings. The van der Waals surface area contributed by atoms with Crippen LogP contribution in [0.1, 0.15) is 23.1 Å². The Kier molecular flexibility index (Phi) is 3.59. The minimum atomic E-state index is 0.415. The van der Waals surface area contributed by atoms with Gasteiger partial charge in [0.25, 0.3) is 0 Å². The summed E-state index contributed by atoms with van der Waals surface area (Å²) >= 11 is 5.84. The van der Waals surface area contributed by atoms with Crippen molar-refractivity contribution in [3.05, 3.63) is 41.3 Å². The van der Waals surface area contributed by atoms with Crippen LogP contribution in [0.25, 0.3) is 11.0 Å². The van der Waals surface area contributed by atoms with E-state index in [1.807, 2.05) is 16.7 Å². The maximum atomic E-state index is 9.05. The molecule has 0 N–H and O–H groups in total. The van der Waals surface area contributed by atoms with Gasteiger partial charge in [-0.15, -0.1) is 11.6 Å². The van der Waals surface area contributed by atoms with Gasteiger partial charge in [0.05, 0.1) is 22.7 Å². The number of hydrogen-bond donors (Lipinski definition) is 0. The smallest absolute Gasteiger partial charge is 0.246 e. The van der Waals surface area contributed by atoms with Crippen molar-refractivity contribution >= 4 is 22.6 Å². The number of nitrogens with zero attached hydrogens (tertiary/aromatic N) is 5. The number of benzene rings is 1. The third-order valence-electron chi connectivity index (χ3n) is 3.14. The monoisotopic (exact) mass is 301 g/mol. The minimum Gasteiger partial charge on any atom is -0.337 e. The minimum absolute atomic E-state index is 0.415. The van der Waals surface area contributed by atoms with Gasteiger partial charge in [0.2, 0.25) is 5.89 Å². The Hall–Kier alpha value is -2.39. The molecule has 3 aromatic rings. The van der Waals surface area contributed by atoms with E-state index in [9.17, 15) is 0 Å². The SMILES string of the molecule is Cc1noc(Cn2c(CCCl)nc3ccc(C#N)cc32)n1. The average molecular weight is 302 g/mol. The Balaban J connectivity index is 2.12. The molecule has 0 amide bonds. The van der Waals surface area contributed by atoms with E-state index < -0.39 is 0 Å². The summed E-state index contributed by atoms with van der Waals surface area (Å²) in [6, 6.07) is 7.53. The fourth-order valence-corrected chi connectivity index (χ4v) is 2.40. The van der Waals surface area contributed by atoms with E-state index in [2.05, 4.69) is 21.2 Å². The van der Waals surface area contributed by atoms with Gasteiger partial charge in [0.1, 0.15) is 12.4 Å². The Labute approximate surface area is 126 Å². The van der Waals surface area contributed by atoms with Crippen LogP contribution in [-0.4, -0.2) is 25.6 Å². The van der Waals surface area contributed by atoms with E-state index >= 15 is 0 Å². The number of rotatable bonds is 4. The summed E-state index contributed by atoms with van der Waals surface area (Å²) in [5.41, 5.74) is 2.28. The molecule has 0 atom stereocenters. The largest absolute Gasteiger partial charge is 0.337 e. The van der Waals surface area contributed by atoms with E-state index in [0.29, 0.717) is 36.1 Å². The van der Waals surface area contributed by atoms with Crippen molar-refractivity contribution in [3.63, 3.8) is 0 Å². The number of nitriles is 1. The highest BCUT2D eigenvalue weighted by atomic mass is 35.5. The van der Waals surface area contributed by atoms with Crippen molar-refractivity contribution in [2.45, 2.75) is 19.9 Å². The van der Waals surface area contributed by atoms with E-state index in [1.165, 1.54) is 0 Å². The van der Waals surface area contributed by atoms with Gasteiger partial charge in [-0.05, 0) is 25.1 Å². The zero-order chi connectivity index (χ0) is 14.8. The molecular formula is C14H12ClN5O.